The molecule has 0 spiro atoms. The van der Waals surface area contributed by atoms with Crippen molar-refractivity contribution in [3.05, 3.63) is 116 Å². The molecular formula is C39H42F2N6O8S. The number of benzene rings is 2. The smallest absolute Gasteiger partial charge is 0.336 e. The van der Waals surface area contributed by atoms with Crippen molar-refractivity contribution in [1.82, 2.24) is 24.4 Å². The molecule has 3 N–H and O–H groups in total. The van der Waals surface area contributed by atoms with Crippen LogP contribution in [0.2, 0.25) is 0 Å². The molecule has 0 bridgehead atoms. The Morgan fingerprint density at radius 3 is 2.34 bits per heavy atom. The number of H-pyrrole nitrogens is 1. The van der Waals surface area contributed by atoms with E-state index in [4.69, 9.17) is 4.74 Å². The van der Waals surface area contributed by atoms with E-state index in [-0.39, 0.29) is 47.2 Å². The number of anilines is 1. The van der Waals surface area contributed by atoms with Gasteiger partial charge in [0.2, 0.25) is 0 Å². The lowest BCUT2D eigenvalue weighted by molar-refractivity contribution is -0.147. The number of ether oxygens (including phenoxy) is 1. The van der Waals surface area contributed by atoms with Gasteiger partial charge >= 0.3 is 11.7 Å². The highest BCUT2D eigenvalue weighted by atomic mass is 32.2. The van der Waals surface area contributed by atoms with Gasteiger partial charge < -0.3 is 19.6 Å². The minimum atomic E-state index is -4.50. The molecule has 14 nitrogen and oxygen atoms in total. The van der Waals surface area contributed by atoms with E-state index in [0.717, 1.165) is 4.57 Å². The van der Waals surface area contributed by atoms with Crippen molar-refractivity contribution in [2.24, 2.45) is 18.4 Å². The molecule has 3 aromatic heterocycles. The number of hydrogen-bond donors (Lipinski definition) is 3. The first kappa shape index (κ1) is 41.2. The highest BCUT2D eigenvalue weighted by Gasteiger charge is 2.28. The fraction of sp³-hybridized carbons (Fsp3) is 0.333. The summed E-state index contributed by atoms with van der Waals surface area (Å²) in [5, 5.41) is 2.61. The van der Waals surface area contributed by atoms with E-state index in [9.17, 15) is 32.4 Å². The highest BCUT2D eigenvalue weighted by molar-refractivity contribution is 7.93. The predicted molar refractivity (Wildman–Crippen MR) is 204 cm³/mol. The molecule has 17 heteroatoms. The lowest BCUT2D eigenvalue weighted by atomic mass is 9.87. The average Bonchev–Trinajstić information content (AvgIpc) is 3.55. The van der Waals surface area contributed by atoms with Crippen molar-refractivity contribution in [2.75, 3.05) is 11.3 Å². The molecule has 5 aromatic rings. The summed E-state index contributed by atoms with van der Waals surface area (Å²) in [5.41, 5.74) is -1.63. The average molecular weight is 793 g/mol. The molecule has 0 aliphatic carbocycles. The number of fused-ring (bicyclic) bond motifs is 1. The molecule has 56 heavy (non-hydrogen) atoms. The number of pyridine rings is 1. The number of aryl methyl sites for hydroxylation is 2. The van der Waals surface area contributed by atoms with Crippen LogP contribution in [-0.2, 0) is 44.2 Å². The van der Waals surface area contributed by atoms with E-state index in [2.05, 4.69) is 15.3 Å². The zero-order valence-electron chi connectivity index (χ0n) is 31.8. The van der Waals surface area contributed by atoms with Gasteiger partial charge in [-0.1, -0.05) is 52.8 Å². The second-order valence-electron chi connectivity index (χ2n) is 14.9. The van der Waals surface area contributed by atoms with Gasteiger partial charge in [0, 0.05) is 66.4 Å². The number of carbonyl (C=O) groups is 3. The van der Waals surface area contributed by atoms with Gasteiger partial charge in [0.1, 0.15) is 34.2 Å². The Hall–Kier alpha value is -5.97. The van der Waals surface area contributed by atoms with Crippen LogP contribution < -0.4 is 21.3 Å². The van der Waals surface area contributed by atoms with Crippen molar-refractivity contribution in [3.8, 4) is 5.82 Å². The first-order valence-corrected chi connectivity index (χ1v) is 19.0. The summed E-state index contributed by atoms with van der Waals surface area (Å²) in [6, 6.07) is 7.22. The van der Waals surface area contributed by atoms with E-state index < -0.39 is 67.5 Å². The van der Waals surface area contributed by atoms with Crippen LogP contribution in [0.15, 0.2) is 75.5 Å². The summed E-state index contributed by atoms with van der Waals surface area (Å²) in [7, 11) is -3.01. The molecule has 0 radical (unpaired) electrons. The molecule has 0 unspecified atom stereocenters. The summed E-state index contributed by atoms with van der Waals surface area (Å²) < 4.78 is 67.1. The van der Waals surface area contributed by atoms with Gasteiger partial charge in [0.25, 0.3) is 21.5 Å². The van der Waals surface area contributed by atoms with E-state index in [0.29, 0.717) is 34.3 Å². The van der Waals surface area contributed by atoms with Crippen LogP contribution in [0.1, 0.15) is 61.7 Å². The van der Waals surface area contributed by atoms with Gasteiger partial charge in [0.15, 0.2) is 0 Å². The van der Waals surface area contributed by atoms with E-state index >= 15 is 8.78 Å². The largest absolute Gasteiger partial charge is 0.464 e. The van der Waals surface area contributed by atoms with Gasteiger partial charge in [0.05, 0.1) is 17.9 Å². The Balaban J connectivity index is 1.36. The van der Waals surface area contributed by atoms with Crippen molar-refractivity contribution in [3.63, 3.8) is 0 Å². The molecule has 5 rings (SSSR count). The molecule has 296 valence electrons. The Morgan fingerprint density at radius 2 is 1.70 bits per heavy atom. The Kier molecular flexibility index (Phi) is 11.8. The zero-order valence-corrected chi connectivity index (χ0v) is 32.6. The van der Waals surface area contributed by atoms with E-state index in [1.807, 2.05) is 4.72 Å². The van der Waals surface area contributed by atoms with Crippen LogP contribution in [-0.4, -0.2) is 57.8 Å². The number of nitrogens with zero attached hydrogens (tertiary/aromatic N) is 3. The minimum absolute atomic E-state index is 0.00570. The summed E-state index contributed by atoms with van der Waals surface area (Å²) in [6.07, 6.45) is 3.78. The van der Waals surface area contributed by atoms with Crippen molar-refractivity contribution < 1.29 is 36.3 Å². The molecular weight excluding hydrogens is 751 g/mol. The quantitative estimate of drug-likeness (QED) is 0.144. The molecule has 0 aliphatic rings. The fourth-order valence-corrected chi connectivity index (χ4v) is 6.87. The van der Waals surface area contributed by atoms with Crippen LogP contribution >= 0.6 is 0 Å². The third kappa shape index (κ3) is 9.10. The van der Waals surface area contributed by atoms with Crippen molar-refractivity contribution in [2.45, 2.75) is 65.3 Å². The van der Waals surface area contributed by atoms with Crippen LogP contribution in [0.4, 0.5) is 14.5 Å². The maximum absolute atomic E-state index is 15.5. The topological polar surface area (TPSA) is 191 Å². The molecule has 1 atom stereocenters. The normalized spacial score (nSPS) is 12.5. The molecule has 0 saturated heterocycles. The number of rotatable bonds is 13. The Morgan fingerprint density at radius 1 is 1.00 bits per heavy atom. The third-order valence-electron chi connectivity index (χ3n) is 8.79. The number of carbonyl (C=O) groups excluding carboxylic acids is 3. The number of nitrogens with one attached hydrogen (secondary N) is 3. The zero-order chi connectivity index (χ0) is 41.3. The minimum Gasteiger partial charge on any atom is -0.464 e. The van der Waals surface area contributed by atoms with Crippen LogP contribution in [0.25, 0.3) is 16.7 Å². The number of esters is 1. The number of amides is 1. The van der Waals surface area contributed by atoms with E-state index in [1.54, 1.807) is 53.7 Å². The van der Waals surface area contributed by atoms with Crippen molar-refractivity contribution >= 4 is 44.3 Å². The molecule has 0 saturated carbocycles. The number of aromatic amines is 1. The molecule has 1 amide bonds. The first-order valence-electron chi connectivity index (χ1n) is 17.5. The van der Waals surface area contributed by atoms with Crippen molar-refractivity contribution in [1.29, 1.82) is 0 Å². The Bertz CT molecular complexity index is 2540. The van der Waals surface area contributed by atoms with Gasteiger partial charge in [-0.25, -0.2) is 36.3 Å². The molecule has 0 fully saturated rings. The standard InChI is InChI=1S/C39H42F2N6O8S/c1-21(2)20-55-37(51)31(13-24-9-11-34(43-17-24)47-36(50)22(3)19-46(7)38(47)52)44-35(49)26-15-28(41)30(16-27(26)40)45-56(53,54)32-18-42-29-12-23(8-10-25(29)32)14-33(48)39(4,5)6/h8-12,15-19,21,31,42,45H,13-14,20H2,1-7H3,(H,44,49)/t31-/m0/s1. The summed E-state index contributed by atoms with van der Waals surface area (Å²) >= 11 is 0. The first-order chi connectivity index (χ1) is 26.2. The predicted octanol–water partition coefficient (Wildman–Crippen LogP) is 4.50. The number of aromatic nitrogens is 4. The maximum Gasteiger partial charge on any atom is 0.336 e. The number of ketones is 1. The number of sulfonamides is 1. The van der Waals surface area contributed by atoms with Gasteiger partial charge in [-0.15, -0.1) is 0 Å². The number of Topliss-reactive ketones (excluding diaryl/α,β-unsaturated/α-hetero) is 1. The SMILES string of the molecule is Cc1cn(C)c(=O)n(-c2ccc(C[C@H](NC(=O)c3cc(F)c(NS(=O)(=O)c4c[nH]c5cc(CC(=O)C(C)(C)C)ccc45)cc3F)C(=O)OCC(C)C)cn2)c1=O. The summed E-state index contributed by atoms with van der Waals surface area (Å²) in [5.74, 6) is -4.71. The molecule has 2 aromatic carbocycles. The summed E-state index contributed by atoms with van der Waals surface area (Å²) in [6.45, 7) is 10.5. The maximum atomic E-state index is 15.5. The van der Waals surface area contributed by atoms with Crippen LogP contribution in [0, 0.1) is 29.9 Å². The lowest BCUT2D eigenvalue weighted by Gasteiger charge is -2.19. The third-order valence-corrected chi connectivity index (χ3v) is 10.2. The van der Waals surface area contributed by atoms with Crippen LogP contribution in [0.3, 0.4) is 0 Å². The lowest BCUT2D eigenvalue weighted by Crippen LogP contribution is -2.44. The number of halogens is 2. The summed E-state index contributed by atoms with van der Waals surface area (Å²) in [4.78, 5) is 71.1. The fourth-order valence-electron chi connectivity index (χ4n) is 5.64. The molecule has 0 aliphatic heterocycles. The number of hydrogen-bond acceptors (Lipinski definition) is 9. The van der Waals surface area contributed by atoms with Gasteiger partial charge in [-0.2, -0.15) is 0 Å². The monoisotopic (exact) mass is 792 g/mol. The van der Waals surface area contributed by atoms with E-state index in [1.165, 1.54) is 48.4 Å². The van der Waals surface area contributed by atoms with Crippen LogP contribution in [0.5, 0.6) is 0 Å². The second kappa shape index (κ2) is 16.0. The van der Waals surface area contributed by atoms with Gasteiger partial charge in [-0.05, 0) is 42.2 Å². The molecule has 3 heterocycles. The Labute approximate surface area is 321 Å². The van der Waals surface area contributed by atoms with Gasteiger partial charge in [-0.3, -0.25) is 19.1 Å². The highest BCUT2D eigenvalue weighted by Crippen LogP contribution is 2.29. The second-order valence-corrected chi connectivity index (χ2v) is 16.6.